The van der Waals surface area contributed by atoms with Crippen LogP contribution in [0, 0.1) is 0 Å². The molecule has 0 saturated carbocycles. The van der Waals surface area contributed by atoms with Crippen molar-refractivity contribution in [3.8, 4) is 0 Å². The zero-order chi connectivity index (χ0) is 9.54. The van der Waals surface area contributed by atoms with E-state index in [0.29, 0.717) is 12.2 Å². The van der Waals surface area contributed by atoms with Gasteiger partial charge in [-0.1, -0.05) is 0 Å². The summed E-state index contributed by atoms with van der Waals surface area (Å²) in [5.41, 5.74) is 2.78. The minimum atomic E-state index is -0.0116. The number of carbonyl (C=O) groups is 1. The third kappa shape index (κ3) is 0.878. The van der Waals surface area contributed by atoms with Crippen LogP contribution in [0.25, 0.3) is 10.9 Å². The van der Waals surface area contributed by atoms with Crippen molar-refractivity contribution in [1.29, 1.82) is 0 Å². The van der Waals surface area contributed by atoms with Gasteiger partial charge in [0.25, 0.3) is 5.91 Å². The molecule has 1 amide bonds. The van der Waals surface area contributed by atoms with Gasteiger partial charge in [-0.25, -0.2) is 0 Å². The predicted octanol–water partition coefficient (Wildman–Crippen LogP) is 0.849. The standard InChI is InChI=1S/C10H9N3O/c14-10-9-6(1-4-12-10)7-5-11-3-2-8(7)13-9/h2-3,5,13H,1,4H2,(H,12,14). The second-order valence-corrected chi connectivity index (χ2v) is 3.41. The lowest BCUT2D eigenvalue weighted by Gasteiger charge is -2.11. The Morgan fingerprint density at radius 1 is 1.43 bits per heavy atom. The largest absolute Gasteiger partial charge is 0.350 e. The number of H-pyrrole nitrogens is 1. The molecule has 2 aromatic heterocycles. The maximum Gasteiger partial charge on any atom is 0.268 e. The smallest absolute Gasteiger partial charge is 0.268 e. The fourth-order valence-corrected chi connectivity index (χ4v) is 1.93. The summed E-state index contributed by atoms with van der Waals surface area (Å²) in [6, 6.07) is 1.89. The van der Waals surface area contributed by atoms with Crippen LogP contribution in [0.15, 0.2) is 18.5 Å². The highest BCUT2D eigenvalue weighted by Gasteiger charge is 2.20. The van der Waals surface area contributed by atoms with Gasteiger partial charge in [-0.2, -0.15) is 0 Å². The number of carbonyl (C=O) groups excluding carboxylic acids is 1. The third-order valence-electron chi connectivity index (χ3n) is 2.60. The Bertz CT molecular complexity index is 515. The lowest BCUT2D eigenvalue weighted by atomic mass is 10.1. The Labute approximate surface area is 80.3 Å². The molecule has 4 nitrogen and oxygen atoms in total. The molecule has 0 saturated heterocycles. The first kappa shape index (κ1) is 7.55. The van der Waals surface area contributed by atoms with E-state index in [1.165, 1.54) is 0 Å². The highest BCUT2D eigenvalue weighted by atomic mass is 16.1. The monoisotopic (exact) mass is 187 g/mol. The molecule has 0 aromatic carbocycles. The van der Waals surface area contributed by atoms with Crippen LogP contribution in [-0.2, 0) is 6.42 Å². The zero-order valence-corrected chi connectivity index (χ0v) is 7.50. The van der Waals surface area contributed by atoms with Crippen LogP contribution < -0.4 is 5.32 Å². The van der Waals surface area contributed by atoms with Gasteiger partial charge < -0.3 is 10.3 Å². The van der Waals surface area contributed by atoms with Gasteiger partial charge in [0.05, 0.1) is 0 Å². The molecule has 0 atom stereocenters. The number of hydrogen-bond acceptors (Lipinski definition) is 2. The van der Waals surface area contributed by atoms with E-state index in [4.69, 9.17) is 0 Å². The van der Waals surface area contributed by atoms with E-state index in [1.54, 1.807) is 6.20 Å². The molecule has 3 heterocycles. The molecule has 0 bridgehead atoms. The van der Waals surface area contributed by atoms with E-state index < -0.39 is 0 Å². The number of amides is 1. The number of fused-ring (bicyclic) bond motifs is 3. The Hall–Kier alpha value is -1.84. The molecule has 0 aliphatic carbocycles. The molecular weight excluding hydrogens is 178 g/mol. The third-order valence-corrected chi connectivity index (χ3v) is 2.60. The molecule has 1 aliphatic heterocycles. The van der Waals surface area contributed by atoms with Gasteiger partial charge in [0.2, 0.25) is 0 Å². The Kier molecular flexibility index (Phi) is 1.39. The fraction of sp³-hybridized carbons (Fsp3) is 0.200. The van der Waals surface area contributed by atoms with E-state index in [-0.39, 0.29) is 5.91 Å². The SMILES string of the molecule is O=C1NCCc2c1[nH]c1ccncc21. The van der Waals surface area contributed by atoms with Crippen LogP contribution in [-0.4, -0.2) is 22.4 Å². The fourth-order valence-electron chi connectivity index (χ4n) is 1.93. The number of aromatic nitrogens is 2. The molecule has 14 heavy (non-hydrogen) atoms. The predicted molar refractivity (Wildman–Crippen MR) is 52.1 cm³/mol. The summed E-state index contributed by atoms with van der Waals surface area (Å²) in [7, 11) is 0. The summed E-state index contributed by atoms with van der Waals surface area (Å²) >= 11 is 0. The number of hydrogen-bond donors (Lipinski definition) is 2. The molecule has 0 spiro atoms. The average molecular weight is 187 g/mol. The highest BCUT2D eigenvalue weighted by molar-refractivity contribution is 6.01. The molecule has 70 valence electrons. The highest BCUT2D eigenvalue weighted by Crippen LogP contribution is 2.23. The van der Waals surface area contributed by atoms with Crippen LogP contribution in [0.3, 0.4) is 0 Å². The molecule has 2 aromatic rings. The quantitative estimate of drug-likeness (QED) is 0.642. The lowest BCUT2D eigenvalue weighted by Crippen LogP contribution is -2.31. The molecule has 1 aliphatic rings. The van der Waals surface area contributed by atoms with Gasteiger partial charge in [0.15, 0.2) is 0 Å². The molecule has 0 unspecified atom stereocenters. The van der Waals surface area contributed by atoms with Gasteiger partial charge in [-0.15, -0.1) is 0 Å². The van der Waals surface area contributed by atoms with Crippen LogP contribution in [0.4, 0.5) is 0 Å². The first-order valence-electron chi connectivity index (χ1n) is 4.59. The Balaban J connectivity index is 2.38. The maximum atomic E-state index is 11.5. The Morgan fingerprint density at radius 3 is 3.29 bits per heavy atom. The van der Waals surface area contributed by atoms with E-state index in [9.17, 15) is 4.79 Å². The van der Waals surface area contributed by atoms with Gasteiger partial charge >= 0.3 is 0 Å². The molecule has 3 rings (SSSR count). The van der Waals surface area contributed by atoms with Crippen LogP contribution >= 0.6 is 0 Å². The summed E-state index contributed by atoms with van der Waals surface area (Å²) in [6.07, 6.45) is 4.41. The minimum absolute atomic E-state index is 0.0116. The molecule has 0 radical (unpaired) electrons. The number of rotatable bonds is 0. The second-order valence-electron chi connectivity index (χ2n) is 3.41. The van der Waals surface area contributed by atoms with Gasteiger partial charge in [-0.3, -0.25) is 9.78 Å². The molecule has 4 heteroatoms. The normalized spacial score (nSPS) is 15.3. The van der Waals surface area contributed by atoms with Gasteiger partial charge in [0, 0.05) is 29.8 Å². The van der Waals surface area contributed by atoms with Crippen molar-refractivity contribution < 1.29 is 4.79 Å². The van der Waals surface area contributed by atoms with Crippen molar-refractivity contribution in [2.45, 2.75) is 6.42 Å². The topological polar surface area (TPSA) is 57.8 Å². The first-order valence-corrected chi connectivity index (χ1v) is 4.59. The molecule has 2 N–H and O–H groups in total. The zero-order valence-electron chi connectivity index (χ0n) is 7.50. The number of nitrogens with one attached hydrogen (secondary N) is 2. The maximum absolute atomic E-state index is 11.5. The van der Waals surface area contributed by atoms with Crippen molar-refractivity contribution in [2.24, 2.45) is 0 Å². The van der Waals surface area contributed by atoms with Crippen molar-refractivity contribution in [3.63, 3.8) is 0 Å². The van der Waals surface area contributed by atoms with Crippen molar-refractivity contribution in [1.82, 2.24) is 15.3 Å². The summed E-state index contributed by atoms with van der Waals surface area (Å²) in [5.74, 6) is -0.0116. The first-order chi connectivity index (χ1) is 6.86. The Morgan fingerprint density at radius 2 is 2.36 bits per heavy atom. The van der Waals surface area contributed by atoms with Crippen molar-refractivity contribution >= 4 is 16.8 Å². The summed E-state index contributed by atoms with van der Waals surface area (Å²) < 4.78 is 0. The molecular formula is C10H9N3O. The van der Waals surface area contributed by atoms with Crippen LogP contribution in [0.5, 0.6) is 0 Å². The summed E-state index contributed by atoms with van der Waals surface area (Å²) in [6.45, 7) is 0.716. The number of nitrogens with zero attached hydrogens (tertiary/aromatic N) is 1. The second kappa shape index (κ2) is 2.57. The van der Waals surface area contributed by atoms with Crippen LogP contribution in [0.2, 0.25) is 0 Å². The lowest BCUT2D eigenvalue weighted by molar-refractivity contribution is 0.0942. The van der Waals surface area contributed by atoms with Gasteiger partial charge in [0.1, 0.15) is 5.69 Å². The molecule has 0 fully saturated rings. The van der Waals surface area contributed by atoms with E-state index in [1.807, 2.05) is 12.3 Å². The van der Waals surface area contributed by atoms with E-state index in [0.717, 1.165) is 22.9 Å². The number of pyridine rings is 1. The summed E-state index contributed by atoms with van der Waals surface area (Å²) in [4.78, 5) is 18.7. The average Bonchev–Trinajstić information content (AvgIpc) is 2.59. The van der Waals surface area contributed by atoms with Crippen molar-refractivity contribution in [2.75, 3.05) is 6.54 Å². The number of aromatic amines is 1. The van der Waals surface area contributed by atoms with Crippen molar-refractivity contribution in [3.05, 3.63) is 29.7 Å². The summed E-state index contributed by atoms with van der Waals surface area (Å²) in [5, 5.41) is 3.88. The van der Waals surface area contributed by atoms with Crippen LogP contribution in [0.1, 0.15) is 16.1 Å². The minimum Gasteiger partial charge on any atom is -0.350 e. The van der Waals surface area contributed by atoms with E-state index >= 15 is 0 Å². The van der Waals surface area contributed by atoms with E-state index in [2.05, 4.69) is 15.3 Å². The van der Waals surface area contributed by atoms with Gasteiger partial charge in [-0.05, 0) is 18.1 Å².